The molecule has 0 aromatic heterocycles. The van der Waals surface area contributed by atoms with Gasteiger partial charge < -0.3 is 47.1 Å². The second-order valence-corrected chi connectivity index (χ2v) is 22.6. The summed E-state index contributed by atoms with van der Waals surface area (Å²) in [7, 11) is 0.845. The minimum Gasteiger partial charge on any atom is -0.497 e. The van der Waals surface area contributed by atoms with E-state index >= 15 is 0 Å². The topological polar surface area (TPSA) is 109 Å². The molecule has 4 aliphatic rings. The molecule has 0 saturated carbocycles. The maximum atomic E-state index is 12.4. The Morgan fingerprint density at radius 1 is 0.883 bits per heavy atom. The number of carbonyl (C=O) groups excluding carboxylic acids is 1. The Morgan fingerprint density at radius 3 is 2.45 bits per heavy atom. The van der Waals surface area contributed by atoms with Gasteiger partial charge in [0.25, 0.3) is 0 Å². The summed E-state index contributed by atoms with van der Waals surface area (Å²) in [6.45, 7) is 12.7. The van der Waals surface area contributed by atoms with Crippen LogP contribution in [0, 0.1) is 0 Å². The highest BCUT2D eigenvalue weighted by atomic mass is 28.4. The largest absolute Gasteiger partial charge is 0.497 e. The first-order chi connectivity index (χ1) is 28.9. The Morgan fingerprint density at radius 2 is 1.68 bits per heavy atom. The van der Waals surface area contributed by atoms with Crippen molar-refractivity contribution < 1.29 is 51.9 Å². The van der Waals surface area contributed by atoms with Gasteiger partial charge in [-0.05, 0) is 71.6 Å². The standard InChI is InChI=1S/C48H64O11Si/c1-48(2,3)60(6,7)59-44-29-42-43(28-37(23-25-53-42)54-30-32-15-16-33-11-8-9-12-35(33)27-32)56-41(44)24-26-52-38-13-10-14-39-45(57-40(38)21-22-46(49)51-5)31-55-47(58-39)34-17-19-36(50-4)20-18-34/h8-12,14-20,24,26-27,37-45,47H,13,21-23,25,28-31H2,1-7H3/b14-10-,26-24+/t37-,38+,39-,40-,41+,42+,43-,44-,45+,47+/m0/s1. The van der Waals surface area contributed by atoms with E-state index in [4.69, 9.17) is 47.1 Å². The zero-order chi connectivity index (χ0) is 42.3. The van der Waals surface area contributed by atoms with Crippen molar-refractivity contribution in [3.8, 4) is 5.75 Å². The Kier molecular flexibility index (Phi) is 14.9. The predicted octanol–water partition coefficient (Wildman–Crippen LogP) is 9.14. The highest BCUT2D eigenvalue weighted by Crippen LogP contribution is 2.41. The van der Waals surface area contributed by atoms with Crippen molar-refractivity contribution in [3.05, 3.63) is 102 Å². The molecule has 4 heterocycles. The number of carbonyl (C=O) groups is 1. The summed E-state index contributed by atoms with van der Waals surface area (Å²) in [5.41, 5.74) is 2.04. The highest BCUT2D eigenvalue weighted by molar-refractivity contribution is 6.74. The number of hydrogen-bond acceptors (Lipinski definition) is 11. The van der Waals surface area contributed by atoms with Crippen molar-refractivity contribution >= 4 is 25.1 Å². The van der Waals surface area contributed by atoms with Crippen LogP contribution in [0.2, 0.25) is 18.1 Å². The van der Waals surface area contributed by atoms with Gasteiger partial charge in [0.1, 0.15) is 30.2 Å². The third-order valence-corrected chi connectivity index (χ3v) is 17.2. The molecule has 0 radical (unpaired) electrons. The molecule has 7 rings (SSSR count). The van der Waals surface area contributed by atoms with Gasteiger partial charge in [-0.1, -0.05) is 81.5 Å². The van der Waals surface area contributed by atoms with Crippen molar-refractivity contribution in [3.63, 3.8) is 0 Å². The van der Waals surface area contributed by atoms with Crippen LogP contribution >= 0.6 is 0 Å². The summed E-state index contributed by atoms with van der Waals surface area (Å²) >= 11 is 0. The quantitative estimate of drug-likeness (QED) is 0.0712. The molecule has 11 nitrogen and oxygen atoms in total. The fourth-order valence-electron chi connectivity index (χ4n) is 8.10. The molecular weight excluding hydrogens is 781 g/mol. The van der Waals surface area contributed by atoms with Crippen LogP contribution in [-0.4, -0.2) is 96.7 Å². The molecule has 0 spiro atoms. The Bertz CT molecular complexity index is 1910. The lowest BCUT2D eigenvalue weighted by Crippen LogP contribution is -2.54. The molecule has 0 unspecified atom stereocenters. The summed E-state index contributed by atoms with van der Waals surface area (Å²) in [6, 6.07) is 22.5. The summed E-state index contributed by atoms with van der Waals surface area (Å²) in [6.07, 6.45) is 8.16. The number of ether oxygens (including phenoxy) is 9. The van der Waals surface area contributed by atoms with Crippen molar-refractivity contribution in [2.24, 2.45) is 0 Å². The van der Waals surface area contributed by atoms with Crippen LogP contribution in [0.15, 0.2) is 91.2 Å². The number of hydrogen-bond donors (Lipinski definition) is 0. The second-order valence-electron chi connectivity index (χ2n) is 17.9. The molecule has 0 bridgehead atoms. The summed E-state index contributed by atoms with van der Waals surface area (Å²) in [5, 5.41) is 2.44. The van der Waals surface area contributed by atoms with E-state index in [0.29, 0.717) is 39.1 Å². The first-order valence-electron chi connectivity index (χ1n) is 21.6. The molecule has 4 aliphatic heterocycles. The van der Waals surface area contributed by atoms with E-state index in [1.165, 1.54) is 17.9 Å². The van der Waals surface area contributed by atoms with E-state index < -0.39 is 32.9 Å². The van der Waals surface area contributed by atoms with Crippen molar-refractivity contribution in [2.75, 3.05) is 27.4 Å². The van der Waals surface area contributed by atoms with Crippen LogP contribution in [0.5, 0.6) is 5.75 Å². The first-order valence-corrected chi connectivity index (χ1v) is 24.5. The third-order valence-electron chi connectivity index (χ3n) is 12.7. The van der Waals surface area contributed by atoms with Gasteiger partial charge in [0, 0.05) is 37.9 Å². The van der Waals surface area contributed by atoms with Gasteiger partial charge in [0.15, 0.2) is 14.6 Å². The number of methoxy groups -OCH3 is 2. The normalized spacial score (nSPS) is 30.6. The van der Waals surface area contributed by atoms with Gasteiger partial charge in [-0.3, -0.25) is 4.79 Å². The van der Waals surface area contributed by atoms with E-state index in [-0.39, 0.29) is 54.1 Å². The van der Waals surface area contributed by atoms with E-state index in [1.807, 2.05) is 36.4 Å². The Balaban J connectivity index is 1.04. The van der Waals surface area contributed by atoms with E-state index in [2.05, 4.69) is 82.4 Å². The lowest BCUT2D eigenvalue weighted by Gasteiger charge is -2.45. The average molecular weight is 845 g/mol. The van der Waals surface area contributed by atoms with Crippen molar-refractivity contribution in [1.82, 2.24) is 0 Å². The molecule has 0 amide bonds. The monoisotopic (exact) mass is 844 g/mol. The number of rotatable bonds is 13. The minimum atomic E-state index is -2.19. The molecule has 12 heteroatoms. The van der Waals surface area contributed by atoms with Gasteiger partial charge in [-0.2, -0.15) is 0 Å². The van der Waals surface area contributed by atoms with Crippen LogP contribution in [0.25, 0.3) is 10.8 Å². The zero-order valence-corrected chi connectivity index (χ0v) is 37.3. The lowest BCUT2D eigenvalue weighted by atomic mass is 9.95. The molecule has 3 aromatic carbocycles. The van der Waals surface area contributed by atoms with Crippen molar-refractivity contribution in [1.29, 1.82) is 0 Å². The molecule has 3 saturated heterocycles. The Labute approximate surface area is 356 Å². The number of esters is 1. The zero-order valence-electron chi connectivity index (χ0n) is 36.3. The second kappa shape index (κ2) is 20.1. The number of benzene rings is 3. The molecule has 0 aliphatic carbocycles. The van der Waals surface area contributed by atoms with Crippen LogP contribution in [0.4, 0.5) is 0 Å². The van der Waals surface area contributed by atoms with Gasteiger partial charge in [-0.25, -0.2) is 0 Å². The predicted molar refractivity (Wildman–Crippen MR) is 231 cm³/mol. The first kappa shape index (κ1) is 44.5. The molecule has 3 aromatic rings. The highest BCUT2D eigenvalue weighted by Gasteiger charge is 2.46. The third kappa shape index (κ3) is 11.3. The lowest BCUT2D eigenvalue weighted by molar-refractivity contribution is -0.267. The maximum Gasteiger partial charge on any atom is 0.305 e. The average Bonchev–Trinajstić information content (AvgIpc) is 3.44. The summed E-state index contributed by atoms with van der Waals surface area (Å²) in [4.78, 5) is 12.4. The number of fused-ring (bicyclic) bond motifs is 3. The minimum absolute atomic E-state index is 0.00901. The van der Waals surface area contributed by atoms with Crippen LogP contribution < -0.4 is 4.74 Å². The van der Waals surface area contributed by atoms with Gasteiger partial charge >= 0.3 is 5.97 Å². The van der Waals surface area contributed by atoms with E-state index in [1.54, 1.807) is 13.4 Å². The molecule has 3 fully saturated rings. The van der Waals surface area contributed by atoms with E-state index in [0.717, 1.165) is 29.7 Å². The summed E-state index contributed by atoms with van der Waals surface area (Å²) in [5.74, 6) is 0.456. The van der Waals surface area contributed by atoms with E-state index in [9.17, 15) is 4.79 Å². The fraction of sp³-hybridized carbons (Fsp3) is 0.562. The van der Waals surface area contributed by atoms with Crippen LogP contribution in [0.3, 0.4) is 0 Å². The van der Waals surface area contributed by atoms with Gasteiger partial charge in [0.2, 0.25) is 0 Å². The SMILES string of the molecule is COC(=O)CC[C@@H]1O[C@@H]2CO[C@@H](c3ccc(OC)cc3)O[C@H]2/C=C\C[C@H]1O/C=C/[C@H]1O[C@H]2C[C@@H](OCc3ccc4ccccc4c3)CCO[C@@H]2C[C@@H]1O[Si](C)(C)C(C)(C)C. The maximum absolute atomic E-state index is 12.4. The summed E-state index contributed by atoms with van der Waals surface area (Å²) < 4.78 is 63.2. The Hall–Kier alpha value is -3.59. The van der Waals surface area contributed by atoms with Crippen LogP contribution in [0.1, 0.15) is 76.7 Å². The van der Waals surface area contributed by atoms with Crippen molar-refractivity contribution in [2.45, 2.75) is 145 Å². The molecule has 326 valence electrons. The van der Waals surface area contributed by atoms with Gasteiger partial charge in [-0.15, -0.1) is 0 Å². The fourth-order valence-corrected chi connectivity index (χ4v) is 9.44. The van der Waals surface area contributed by atoms with Gasteiger partial charge in [0.05, 0.1) is 64.2 Å². The smallest absolute Gasteiger partial charge is 0.305 e. The molecular formula is C48H64O11Si. The molecule has 0 N–H and O–H groups in total. The van der Waals surface area contributed by atoms with Crippen LogP contribution in [-0.2, 0) is 53.7 Å². The molecule has 10 atom stereocenters. The molecule has 60 heavy (non-hydrogen) atoms.